The van der Waals surface area contributed by atoms with Crippen LogP contribution in [0, 0.1) is 0 Å². The van der Waals surface area contributed by atoms with Crippen LogP contribution in [0.1, 0.15) is 13.3 Å². The lowest BCUT2D eigenvalue weighted by Crippen LogP contribution is -2.34. The van der Waals surface area contributed by atoms with Crippen molar-refractivity contribution in [3.05, 3.63) is 45.0 Å². The lowest BCUT2D eigenvalue weighted by molar-refractivity contribution is -0.121. The number of carbonyl (C=O) groups is 1. The molecule has 0 fully saturated rings. The Hall–Kier alpha value is -2.41. The Kier molecular flexibility index (Phi) is 5.48. The fraction of sp³-hybridized carbons (Fsp3) is 0.400. The highest BCUT2D eigenvalue weighted by molar-refractivity contribution is 5.80. The van der Waals surface area contributed by atoms with Crippen LogP contribution in [0.25, 0.3) is 10.8 Å². The number of carbonyl (C=O) groups excluding carboxylic acids is 1. The molecule has 7 nitrogen and oxygen atoms in total. The summed E-state index contributed by atoms with van der Waals surface area (Å²) >= 11 is 0. The van der Waals surface area contributed by atoms with E-state index in [2.05, 4.69) is 15.7 Å². The number of hydrogen-bond acceptors (Lipinski definition) is 4. The summed E-state index contributed by atoms with van der Waals surface area (Å²) < 4.78 is 1.19. The first-order chi connectivity index (χ1) is 10.6. The zero-order valence-electron chi connectivity index (χ0n) is 12.5. The lowest BCUT2D eigenvalue weighted by Gasteiger charge is -2.08. The van der Waals surface area contributed by atoms with Gasteiger partial charge in [-0.05, 0) is 18.7 Å². The number of H-pyrrole nitrogens is 1. The van der Waals surface area contributed by atoms with E-state index in [-0.39, 0.29) is 30.0 Å². The standard InChI is InChI=1S/C15H20N4O3/c1-2-16-8-9-17-13(20)7-10-19-15(22)12-6-4-3-5-11(12)14(21)18-19/h3-6,16H,2,7-10H2,1H3,(H,17,20)(H,18,21). The van der Waals surface area contributed by atoms with Crippen LogP contribution >= 0.6 is 0 Å². The normalized spacial score (nSPS) is 10.8. The Bertz CT molecular complexity index is 763. The molecule has 0 atom stereocenters. The van der Waals surface area contributed by atoms with Crippen molar-refractivity contribution >= 4 is 16.7 Å². The summed E-state index contributed by atoms with van der Waals surface area (Å²) in [7, 11) is 0. The molecular formula is C15H20N4O3. The molecule has 0 saturated heterocycles. The van der Waals surface area contributed by atoms with E-state index in [9.17, 15) is 14.4 Å². The predicted molar refractivity (Wildman–Crippen MR) is 85.0 cm³/mol. The van der Waals surface area contributed by atoms with Gasteiger partial charge < -0.3 is 10.6 Å². The van der Waals surface area contributed by atoms with Crippen LogP contribution in [0.2, 0.25) is 0 Å². The molecule has 0 aliphatic heterocycles. The highest BCUT2D eigenvalue weighted by Gasteiger charge is 2.08. The third-order valence-corrected chi connectivity index (χ3v) is 3.32. The molecule has 0 radical (unpaired) electrons. The Morgan fingerprint density at radius 1 is 1.18 bits per heavy atom. The number of rotatable bonds is 7. The van der Waals surface area contributed by atoms with Gasteiger partial charge in [-0.1, -0.05) is 19.1 Å². The zero-order chi connectivity index (χ0) is 15.9. The molecule has 2 aromatic rings. The molecule has 7 heteroatoms. The van der Waals surface area contributed by atoms with Gasteiger partial charge in [-0.25, -0.2) is 4.68 Å². The van der Waals surface area contributed by atoms with Crippen LogP contribution in [0.15, 0.2) is 33.9 Å². The van der Waals surface area contributed by atoms with Gasteiger partial charge >= 0.3 is 0 Å². The third kappa shape index (κ3) is 3.82. The van der Waals surface area contributed by atoms with Gasteiger partial charge in [0.15, 0.2) is 0 Å². The summed E-state index contributed by atoms with van der Waals surface area (Å²) in [6, 6.07) is 6.63. The number of likely N-dealkylation sites (N-methyl/N-ethyl adjacent to an activating group) is 1. The van der Waals surface area contributed by atoms with E-state index in [1.54, 1.807) is 24.3 Å². The second-order valence-electron chi connectivity index (χ2n) is 4.90. The maximum atomic E-state index is 12.2. The largest absolute Gasteiger partial charge is 0.355 e. The molecule has 0 bridgehead atoms. The van der Waals surface area contributed by atoms with E-state index >= 15 is 0 Å². The SMILES string of the molecule is CCNCCNC(=O)CCn1[nH]c(=O)c2ccccc2c1=O. The van der Waals surface area contributed by atoms with Gasteiger partial charge in [-0.2, -0.15) is 0 Å². The fourth-order valence-electron chi connectivity index (χ4n) is 2.17. The zero-order valence-corrected chi connectivity index (χ0v) is 12.5. The molecule has 3 N–H and O–H groups in total. The number of aromatic nitrogens is 2. The van der Waals surface area contributed by atoms with Gasteiger partial charge in [0.2, 0.25) is 5.91 Å². The monoisotopic (exact) mass is 304 g/mol. The molecule has 0 spiro atoms. The van der Waals surface area contributed by atoms with E-state index < -0.39 is 0 Å². The van der Waals surface area contributed by atoms with Gasteiger partial charge in [0.25, 0.3) is 11.1 Å². The first-order valence-electron chi connectivity index (χ1n) is 7.32. The van der Waals surface area contributed by atoms with Crippen LogP contribution in [0.5, 0.6) is 0 Å². The van der Waals surface area contributed by atoms with Gasteiger partial charge in [0.05, 0.1) is 17.3 Å². The van der Waals surface area contributed by atoms with Gasteiger partial charge in [-0.3, -0.25) is 19.5 Å². The van der Waals surface area contributed by atoms with E-state index in [1.807, 2.05) is 6.92 Å². The fourth-order valence-corrected chi connectivity index (χ4v) is 2.17. The molecule has 0 aliphatic rings. The van der Waals surface area contributed by atoms with Crippen molar-refractivity contribution in [2.45, 2.75) is 19.9 Å². The van der Waals surface area contributed by atoms with Crippen molar-refractivity contribution in [1.82, 2.24) is 20.4 Å². The van der Waals surface area contributed by atoms with Crippen LogP contribution < -0.4 is 21.8 Å². The molecule has 0 saturated carbocycles. The van der Waals surface area contributed by atoms with E-state index in [0.29, 0.717) is 23.9 Å². The van der Waals surface area contributed by atoms with Crippen LogP contribution in [-0.2, 0) is 11.3 Å². The molecule has 1 heterocycles. The van der Waals surface area contributed by atoms with E-state index in [4.69, 9.17) is 0 Å². The molecule has 2 rings (SSSR count). The highest BCUT2D eigenvalue weighted by Crippen LogP contribution is 2.02. The van der Waals surface area contributed by atoms with Crippen molar-refractivity contribution < 1.29 is 4.79 Å². The first-order valence-corrected chi connectivity index (χ1v) is 7.32. The second-order valence-corrected chi connectivity index (χ2v) is 4.90. The number of nitrogens with one attached hydrogen (secondary N) is 3. The molecule has 1 aromatic carbocycles. The summed E-state index contributed by atoms with van der Waals surface area (Å²) in [5.41, 5.74) is -0.626. The second kappa shape index (κ2) is 7.56. The number of benzene rings is 1. The molecular weight excluding hydrogens is 284 g/mol. The number of amides is 1. The average molecular weight is 304 g/mol. The quantitative estimate of drug-likeness (QED) is 0.618. The number of nitrogens with zero attached hydrogens (tertiary/aromatic N) is 1. The molecule has 1 aromatic heterocycles. The van der Waals surface area contributed by atoms with Gasteiger partial charge in [0.1, 0.15) is 0 Å². The Morgan fingerprint density at radius 3 is 2.64 bits per heavy atom. The predicted octanol–water partition coefficient (Wildman–Crippen LogP) is -0.194. The minimum absolute atomic E-state index is 0.139. The van der Waals surface area contributed by atoms with Crippen LogP contribution in [0.4, 0.5) is 0 Å². The Morgan fingerprint density at radius 2 is 1.91 bits per heavy atom. The summed E-state index contributed by atoms with van der Waals surface area (Å²) in [5, 5.41) is 9.07. The average Bonchev–Trinajstić information content (AvgIpc) is 2.54. The summed E-state index contributed by atoms with van der Waals surface area (Å²) in [5.74, 6) is -0.154. The van der Waals surface area contributed by atoms with Crippen LogP contribution in [-0.4, -0.2) is 35.3 Å². The van der Waals surface area contributed by atoms with Gasteiger partial charge in [0, 0.05) is 19.5 Å². The lowest BCUT2D eigenvalue weighted by atomic mass is 10.2. The van der Waals surface area contributed by atoms with E-state index in [0.717, 1.165) is 6.54 Å². The highest BCUT2D eigenvalue weighted by atomic mass is 16.2. The molecule has 0 unspecified atom stereocenters. The van der Waals surface area contributed by atoms with Crippen LogP contribution in [0.3, 0.4) is 0 Å². The number of hydrogen-bond donors (Lipinski definition) is 3. The number of fused-ring (bicyclic) bond motifs is 1. The van der Waals surface area contributed by atoms with Gasteiger partial charge in [-0.15, -0.1) is 0 Å². The minimum atomic E-state index is -0.331. The maximum Gasteiger partial charge on any atom is 0.273 e. The third-order valence-electron chi connectivity index (χ3n) is 3.32. The minimum Gasteiger partial charge on any atom is -0.355 e. The topological polar surface area (TPSA) is 96.0 Å². The van der Waals surface area contributed by atoms with Crippen molar-refractivity contribution in [2.24, 2.45) is 0 Å². The molecule has 118 valence electrons. The first kappa shape index (κ1) is 16.0. The molecule has 22 heavy (non-hydrogen) atoms. The Labute approximate surface area is 127 Å². The van der Waals surface area contributed by atoms with Crippen molar-refractivity contribution in [3.63, 3.8) is 0 Å². The molecule has 0 aliphatic carbocycles. The number of aromatic amines is 1. The summed E-state index contributed by atoms with van der Waals surface area (Å²) in [4.78, 5) is 35.9. The molecule has 1 amide bonds. The summed E-state index contributed by atoms with van der Waals surface area (Å²) in [6.45, 7) is 4.23. The van der Waals surface area contributed by atoms with E-state index in [1.165, 1.54) is 4.68 Å². The van der Waals surface area contributed by atoms with Crippen molar-refractivity contribution in [2.75, 3.05) is 19.6 Å². The number of aryl methyl sites for hydroxylation is 1. The smallest absolute Gasteiger partial charge is 0.273 e. The van der Waals surface area contributed by atoms with Crippen molar-refractivity contribution in [1.29, 1.82) is 0 Å². The Balaban J connectivity index is 2.03. The summed E-state index contributed by atoms with van der Waals surface area (Å²) in [6.07, 6.45) is 0.139. The maximum absolute atomic E-state index is 12.2. The van der Waals surface area contributed by atoms with Crippen molar-refractivity contribution in [3.8, 4) is 0 Å².